The Morgan fingerprint density at radius 2 is 1.89 bits per heavy atom. The molecule has 3 aromatic carbocycles. The zero-order valence-corrected chi connectivity index (χ0v) is 15.8. The van der Waals surface area contributed by atoms with Crippen molar-refractivity contribution in [3.8, 4) is 17.2 Å². The van der Waals surface area contributed by atoms with Crippen molar-refractivity contribution < 1.29 is 19.4 Å². The van der Waals surface area contributed by atoms with Crippen LogP contribution in [0.25, 0.3) is 10.8 Å². The topological polar surface area (TPSA) is 67.8 Å². The summed E-state index contributed by atoms with van der Waals surface area (Å²) >= 11 is 5.73. The molecule has 0 spiro atoms. The molecule has 1 unspecified atom stereocenters. The Labute approximate surface area is 162 Å². The molecule has 0 aliphatic rings. The number of benzene rings is 3. The van der Waals surface area contributed by atoms with Crippen LogP contribution in [-0.2, 0) is 4.79 Å². The molecule has 0 aromatic heterocycles. The van der Waals surface area contributed by atoms with Crippen LogP contribution in [0.3, 0.4) is 0 Å². The minimum absolute atomic E-state index is 0.0680. The van der Waals surface area contributed by atoms with Gasteiger partial charge in [0, 0.05) is 11.1 Å². The van der Waals surface area contributed by atoms with Gasteiger partial charge in [-0.3, -0.25) is 4.79 Å². The fraction of sp³-hybridized carbons (Fsp3) is 0.190. The number of phenolic OH excluding ortho intramolecular Hbond substituents is 1. The molecule has 6 heteroatoms. The van der Waals surface area contributed by atoms with E-state index in [0.717, 1.165) is 10.8 Å². The second-order valence-electron chi connectivity index (χ2n) is 5.96. The normalized spacial score (nSPS) is 11.8. The number of methoxy groups -OCH3 is 2. The summed E-state index contributed by atoms with van der Waals surface area (Å²) in [6.45, 7) is 0. The van der Waals surface area contributed by atoms with Crippen molar-refractivity contribution in [1.29, 1.82) is 0 Å². The van der Waals surface area contributed by atoms with Gasteiger partial charge in [-0.25, -0.2) is 0 Å². The Bertz CT molecular complexity index is 974. The second kappa shape index (κ2) is 8.18. The molecule has 0 aliphatic carbocycles. The lowest BCUT2D eigenvalue weighted by Gasteiger charge is -2.24. The monoisotopic (exact) mass is 385 g/mol. The lowest BCUT2D eigenvalue weighted by Crippen LogP contribution is -2.30. The number of ether oxygens (including phenoxy) is 2. The number of carbonyl (C=O) groups excluding carboxylic acids is 1. The number of alkyl halides is 1. The number of aromatic hydroxyl groups is 1. The first-order valence-electron chi connectivity index (χ1n) is 8.37. The highest BCUT2D eigenvalue weighted by Crippen LogP contribution is 2.40. The number of halogens is 1. The van der Waals surface area contributed by atoms with Gasteiger partial charge in [0.2, 0.25) is 5.91 Å². The van der Waals surface area contributed by atoms with Crippen molar-refractivity contribution in [2.24, 2.45) is 0 Å². The molecule has 0 saturated heterocycles. The highest BCUT2D eigenvalue weighted by molar-refractivity contribution is 6.27. The fourth-order valence-corrected chi connectivity index (χ4v) is 3.23. The van der Waals surface area contributed by atoms with E-state index in [1.807, 2.05) is 30.3 Å². The molecule has 140 valence electrons. The van der Waals surface area contributed by atoms with Gasteiger partial charge in [-0.15, -0.1) is 11.6 Å². The zero-order chi connectivity index (χ0) is 19.4. The van der Waals surface area contributed by atoms with Gasteiger partial charge >= 0.3 is 0 Å². The van der Waals surface area contributed by atoms with Crippen LogP contribution in [0, 0.1) is 0 Å². The standard InChI is InChI=1S/C21H20ClNO4/c1-26-14-8-10-18(27-2)16(11-14)21(23-19(25)12-22)20-15-6-4-3-5-13(15)7-9-17(20)24/h3-11,21,24H,12H2,1-2H3,(H,23,25). The molecule has 27 heavy (non-hydrogen) atoms. The van der Waals surface area contributed by atoms with Gasteiger partial charge in [-0.2, -0.15) is 0 Å². The van der Waals surface area contributed by atoms with Crippen molar-refractivity contribution >= 4 is 28.3 Å². The van der Waals surface area contributed by atoms with Crippen LogP contribution < -0.4 is 14.8 Å². The van der Waals surface area contributed by atoms with E-state index < -0.39 is 6.04 Å². The van der Waals surface area contributed by atoms with Crippen molar-refractivity contribution in [3.05, 3.63) is 65.7 Å². The van der Waals surface area contributed by atoms with Gasteiger partial charge in [-0.1, -0.05) is 30.3 Å². The Hall–Kier alpha value is -2.92. The van der Waals surface area contributed by atoms with Gasteiger partial charge < -0.3 is 19.9 Å². The van der Waals surface area contributed by atoms with Gasteiger partial charge in [0.05, 0.1) is 20.3 Å². The zero-order valence-electron chi connectivity index (χ0n) is 15.0. The first-order valence-corrected chi connectivity index (χ1v) is 8.90. The predicted molar refractivity (Wildman–Crippen MR) is 106 cm³/mol. The molecule has 0 saturated carbocycles. The van der Waals surface area contributed by atoms with Crippen molar-refractivity contribution in [2.45, 2.75) is 6.04 Å². The molecule has 0 aliphatic heterocycles. The number of hydrogen-bond acceptors (Lipinski definition) is 4. The van der Waals surface area contributed by atoms with E-state index in [1.165, 1.54) is 0 Å². The third-order valence-corrected chi connectivity index (χ3v) is 4.65. The maximum atomic E-state index is 12.2. The Kier molecular flexibility index (Phi) is 5.72. The molecule has 0 radical (unpaired) electrons. The van der Waals surface area contributed by atoms with E-state index in [1.54, 1.807) is 38.5 Å². The summed E-state index contributed by atoms with van der Waals surface area (Å²) in [6.07, 6.45) is 0. The number of phenols is 1. The number of fused-ring (bicyclic) bond motifs is 1. The van der Waals surface area contributed by atoms with Crippen LogP contribution >= 0.6 is 11.6 Å². The summed E-state index contributed by atoms with van der Waals surface area (Å²) in [5, 5.41) is 15.3. The predicted octanol–water partition coefficient (Wildman–Crippen LogP) is 4.01. The van der Waals surface area contributed by atoms with Crippen LogP contribution in [0.15, 0.2) is 54.6 Å². The van der Waals surface area contributed by atoms with E-state index in [-0.39, 0.29) is 17.5 Å². The number of rotatable bonds is 6. The molecule has 1 amide bonds. The van der Waals surface area contributed by atoms with Crippen LogP contribution in [0.1, 0.15) is 17.2 Å². The third-order valence-electron chi connectivity index (χ3n) is 4.41. The van der Waals surface area contributed by atoms with Crippen LogP contribution in [0.5, 0.6) is 17.2 Å². The smallest absolute Gasteiger partial charge is 0.235 e. The molecular formula is C21H20ClNO4. The lowest BCUT2D eigenvalue weighted by atomic mass is 9.92. The highest BCUT2D eigenvalue weighted by Gasteiger charge is 2.25. The van der Waals surface area contributed by atoms with E-state index in [4.69, 9.17) is 21.1 Å². The summed E-state index contributed by atoms with van der Waals surface area (Å²) < 4.78 is 10.8. The third kappa shape index (κ3) is 3.78. The van der Waals surface area contributed by atoms with Crippen molar-refractivity contribution in [1.82, 2.24) is 5.32 Å². The van der Waals surface area contributed by atoms with Gasteiger partial charge in [0.25, 0.3) is 0 Å². The maximum Gasteiger partial charge on any atom is 0.235 e. The second-order valence-corrected chi connectivity index (χ2v) is 6.23. The highest BCUT2D eigenvalue weighted by atomic mass is 35.5. The summed E-state index contributed by atoms with van der Waals surface area (Å²) in [6, 6.07) is 15.7. The average Bonchev–Trinajstić information content (AvgIpc) is 2.71. The SMILES string of the molecule is COc1ccc(OC)c(C(NC(=O)CCl)c2c(O)ccc3ccccc23)c1. The van der Waals surface area contributed by atoms with E-state index in [9.17, 15) is 9.90 Å². The number of amides is 1. The Balaban J connectivity index is 2.28. The molecular weight excluding hydrogens is 366 g/mol. The Morgan fingerprint density at radius 3 is 2.59 bits per heavy atom. The summed E-state index contributed by atoms with van der Waals surface area (Å²) in [4.78, 5) is 12.2. The maximum absolute atomic E-state index is 12.2. The summed E-state index contributed by atoms with van der Waals surface area (Å²) in [7, 11) is 3.11. The molecule has 0 heterocycles. The molecule has 2 N–H and O–H groups in total. The molecule has 5 nitrogen and oxygen atoms in total. The van der Waals surface area contributed by atoms with Gasteiger partial charge in [0.1, 0.15) is 23.1 Å². The van der Waals surface area contributed by atoms with Crippen LogP contribution in [-0.4, -0.2) is 31.1 Å². The van der Waals surface area contributed by atoms with Crippen molar-refractivity contribution in [2.75, 3.05) is 20.1 Å². The van der Waals surface area contributed by atoms with E-state index in [0.29, 0.717) is 22.6 Å². The van der Waals surface area contributed by atoms with Crippen LogP contribution in [0.2, 0.25) is 0 Å². The molecule has 0 bridgehead atoms. The number of nitrogens with one attached hydrogen (secondary N) is 1. The van der Waals surface area contributed by atoms with Crippen molar-refractivity contribution in [3.63, 3.8) is 0 Å². The number of hydrogen-bond donors (Lipinski definition) is 2. The summed E-state index contributed by atoms with van der Waals surface area (Å²) in [5.41, 5.74) is 1.22. The van der Waals surface area contributed by atoms with E-state index in [2.05, 4.69) is 5.32 Å². The fourth-order valence-electron chi connectivity index (χ4n) is 3.16. The molecule has 3 rings (SSSR count). The molecule has 3 aromatic rings. The summed E-state index contributed by atoms with van der Waals surface area (Å²) in [5.74, 6) is 0.671. The lowest BCUT2D eigenvalue weighted by molar-refractivity contribution is -0.119. The average molecular weight is 386 g/mol. The minimum Gasteiger partial charge on any atom is -0.508 e. The first-order chi connectivity index (χ1) is 13.1. The largest absolute Gasteiger partial charge is 0.508 e. The van der Waals surface area contributed by atoms with Gasteiger partial charge in [0.15, 0.2) is 0 Å². The Morgan fingerprint density at radius 1 is 1.11 bits per heavy atom. The van der Waals surface area contributed by atoms with E-state index >= 15 is 0 Å². The molecule has 1 atom stereocenters. The quantitative estimate of drug-likeness (QED) is 0.629. The first kappa shape index (κ1) is 18.9. The van der Waals surface area contributed by atoms with Gasteiger partial charge in [-0.05, 0) is 35.0 Å². The molecule has 0 fully saturated rings. The minimum atomic E-state index is -0.674. The van der Waals surface area contributed by atoms with Crippen LogP contribution in [0.4, 0.5) is 0 Å². The number of carbonyl (C=O) groups is 1.